The third kappa shape index (κ3) is 5.82. The Morgan fingerprint density at radius 3 is 2.57 bits per heavy atom. The van der Waals surface area contributed by atoms with Crippen molar-refractivity contribution in [3.05, 3.63) is 69.2 Å². The Kier molecular flexibility index (Phi) is 6.63. The maximum Gasteiger partial charge on any atom is 0.419 e. The normalized spacial score (nSPS) is 15.4. The lowest BCUT2D eigenvalue weighted by Gasteiger charge is -2.19. The summed E-state index contributed by atoms with van der Waals surface area (Å²) < 4.78 is 51.0. The van der Waals surface area contributed by atoms with Crippen molar-refractivity contribution in [1.82, 2.24) is 10.1 Å². The number of hydrogen-bond donors (Lipinski definition) is 0. The molecular formula is C23H20Cl2F3N4O3+. The maximum atomic E-state index is 13.1. The Labute approximate surface area is 207 Å². The van der Waals surface area contributed by atoms with Crippen molar-refractivity contribution in [2.24, 2.45) is 4.99 Å². The van der Waals surface area contributed by atoms with E-state index in [1.165, 1.54) is 10.5 Å². The summed E-state index contributed by atoms with van der Waals surface area (Å²) in [7, 11) is 0. The first kappa shape index (κ1) is 25.1. The maximum absolute atomic E-state index is 13.1. The van der Waals surface area contributed by atoms with E-state index in [0.717, 1.165) is 17.8 Å². The van der Waals surface area contributed by atoms with Crippen LogP contribution in [0.25, 0.3) is 11.4 Å². The van der Waals surface area contributed by atoms with Gasteiger partial charge in [0.2, 0.25) is 5.82 Å². The second-order valence-electron chi connectivity index (χ2n) is 8.89. The molecule has 7 nitrogen and oxygen atoms in total. The van der Waals surface area contributed by atoms with E-state index in [2.05, 4.69) is 15.1 Å². The van der Waals surface area contributed by atoms with E-state index in [9.17, 15) is 18.0 Å². The van der Waals surface area contributed by atoms with E-state index in [1.54, 1.807) is 39.0 Å². The number of aromatic nitrogens is 3. The first-order valence-corrected chi connectivity index (χ1v) is 11.3. The van der Waals surface area contributed by atoms with Crippen molar-refractivity contribution in [1.29, 1.82) is 0 Å². The number of pyridine rings is 1. The van der Waals surface area contributed by atoms with E-state index >= 15 is 0 Å². The van der Waals surface area contributed by atoms with Crippen LogP contribution in [-0.2, 0) is 22.1 Å². The number of ether oxygens (including phenoxy) is 1. The molecular weight excluding hydrogens is 508 g/mol. The molecule has 0 N–H and O–H groups in total. The first-order valence-electron chi connectivity index (χ1n) is 10.5. The fraction of sp³-hybridized carbons (Fsp3) is 0.348. The van der Waals surface area contributed by atoms with Gasteiger partial charge in [-0.15, -0.1) is 0 Å². The minimum Gasteiger partial charge on any atom is -0.460 e. The van der Waals surface area contributed by atoms with Crippen LogP contribution >= 0.6 is 23.2 Å². The highest BCUT2D eigenvalue weighted by Crippen LogP contribution is 2.31. The number of alkyl halides is 3. The number of nitrogens with zero attached hydrogens (tertiary/aromatic N) is 4. The average molecular weight is 528 g/mol. The highest BCUT2D eigenvalue weighted by molar-refractivity contribution is 6.33. The van der Waals surface area contributed by atoms with Crippen LogP contribution in [0.15, 0.2) is 40.0 Å². The molecule has 1 aliphatic heterocycles. The zero-order valence-corrected chi connectivity index (χ0v) is 20.4. The summed E-state index contributed by atoms with van der Waals surface area (Å²) in [4.78, 5) is 20.5. The third-order valence-electron chi connectivity index (χ3n) is 4.92. The zero-order chi connectivity index (χ0) is 25.5. The lowest BCUT2D eigenvalue weighted by molar-refractivity contribution is -0.524. The van der Waals surface area contributed by atoms with E-state index in [1.807, 2.05) is 0 Å². The monoisotopic (exact) mass is 527 g/mol. The molecule has 0 saturated carbocycles. The Bertz CT molecular complexity index is 1410. The molecule has 0 saturated heterocycles. The van der Waals surface area contributed by atoms with Gasteiger partial charge in [0.25, 0.3) is 11.9 Å². The molecule has 0 fully saturated rings. The van der Waals surface area contributed by atoms with Crippen molar-refractivity contribution in [2.75, 3.05) is 0 Å². The number of carbonyl (C=O) groups is 1. The molecule has 12 heteroatoms. The van der Waals surface area contributed by atoms with Crippen LogP contribution in [0, 0.1) is 6.21 Å². The molecule has 4 rings (SSSR count). The SMILES string of the molecule is CC(C)(C)OC(=O)CCc1ccc(-c2noc(C3C=[n+]4cc(C(F)(F)F)cc(Cl)c4=N3)n2)c(Cl)c1. The number of fused-ring (bicyclic) bond motifs is 1. The topological polar surface area (TPSA) is 83.5 Å². The fourth-order valence-electron chi connectivity index (χ4n) is 3.40. The largest absolute Gasteiger partial charge is 0.460 e. The van der Waals surface area contributed by atoms with Gasteiger partial charge in [-0.2, -0.15) is 18.2 Å². The van der Waals surface area contributed by atoms with Crippen molar-refractivity contribution >= 4 is 29.2 Å². The smallest absolute Gasteiger partial charge is 0.419 e. The van der Waals surface area contributed by atoms with Gasteiger partial charge >= 0.3 is 17.6 Å². The van der Waals surface area contributed by atoms with Gasteiger partial charge in [0.1, 0.15) is 23.0 Å². The highest BCUT2D eigenvalue weighted by atomic mass is 35.5. The molecule has 35 heavy (non-hydrogen) atoms. The lowest BCUT2D eigenvalue weighted by Crippen LogP contribution is -2.36. The van der Waals surface area contributed by atoms with Gasteiger partial charge in [-0.25, -0.2) is 4.24 Å². The first-order chi connectivity index (χ1) is 16.3. The van der Waals surface area contributed by atoms with Crippen LogP contribution < -0.4 is 9.73 Å². The Hall–Kier alpha value is -2.98. The lowest BCUT2D eigenvalue weighted by atomic mass is 10.1. The van der Waals surface area contributed by atoms with Crippen LogP contribution in [0.4, 0.5) is 13.2 Å². The highest BCUT2D eigenvalue weighted by Gasteiger charge is 2.35. The molecule has 1 atom stereocenters. The van der Waals surface area contributed by atoms with Crippen molar-refractivity contribution in [3.63, 3.8) is 0 Å². The molecule has 1 aliphatic rings. The van der Waals surface area contributed by atoms with E-state index in [4.69, 9.17) is 32.5 Å². The number of halogens is 5. The quantitative estimate of drug-likeness (QED) is 0.344. The molecule has 3 heterocycles. The summed E-state index contributed by atoms with van der Waals surface area (Å²) in [5.41, 5.74) is 0.0154. The number of aryl methyl sites for hydroxylation is 1. The van der Waals surface area contributed by atoms with Gasteiger partial charge in [0, 0.05) is 12.0 Å². The van der Waals surface area contributed by atoms with Crippen molar-refractivity contribution < 1.29 is 31.5 Å². The average Bonchev–Trinajstić information content (AvgIpc) is 3.37. The van der Waals surface area contributed by atoms with Crippen LogP contribution in [0.5, 0.6) is 0 Å². The van der Waals surface area contributed by atoms with Crippen molar-refractivity contribution in [2.45, 2.75) is 51.4 Å². The number of hydrogen-bond acceptors (Lipinski definition) is 6. The molecule has 1 aromatic carbocycles. The Balaban J connectivity index is 1.52. The van der Waals surface area contributed by atoms with Crippen LogP contribution in [-0.4, -0.2) is 21.7 Å². The molecule has 0 amide bonds. The predicted molar refractivity (Wildman–Crippen MR) is 119 cm³/mol. The number of carbonyl (C=O) groups excluding carboxylic acids is 1. The molecule has 0 spiro atoms. The summed E-state index contributed by atoms with van der Waals surface area (Å²) in [6.45, 7) is 5.41. The van der Waals surface area contributed by atoms with Crippen LogP contribution in [0.2, 0.25) is 10.0 Å². The molecule has 184 valence electrons. The second kappa shape index (κ2) is 9.23. The summed E-state index contributed by atoms with van der Waals surface area (Å²) in [5.74, 6) is -0.0490. The van der Waals surface area contributed by atoms with Gasteiger partial charge in [-0.1, -0.05) is 39.4 Å². The molecule has 0 aliphatic carbocycles. The number of benzene rings is 1. The van der Waals surface area contributed by atoms with Crippen molar-refractivity contribution in [3.8, 4) is 11.4 Å². The Morgan fingerprint density at radius 1 is 1.17 bits per heavy atom. The summed E-state index contributed by atoms with van der Waals surface area (Å²) in [5, 5.41) is 4.13. The van der Waals surface area contributed by atoms with E-state index in [-0.39, 0.29) is 34.6 Å². The summed E-state index contributed by atoms with van der Waals surface area (Å²) in [6, 6.07) is 5.19. The van der Waals surface area contributed by atoms with Gasteiger partial charge in [0.05, 0.1) is 10.6 Å². The molecule has 2 aromatic heterocycles. The standard InChI is InChI=1S/C23H20Cl2F3N4O3/c1-22(2,3)34-18(33)7-5-12-4-6-14(15(24)8-12)19-30-21(35-31-19)17-11-32-10-13(23(26,27)28)9-16(25)20(32)29-17/h4,6,8-11,17H,5,7H2,1-3H3/q+1. The van der Waals surface area contributed by atoms with Crippen LogP contribution in [0.3, 0.4) is 0 Å². The molecule has 3 aromatic rings. The minimum absolute atomic E-state index is 0.0680. The molecule has 1 unspecified atom stereocenters. The summed E-state index contributed by atoms with van der Waals surface area (Å²) >= 11 is 12.4. The second-order valence-corrected chi connectivity index (χ2v) is 9.70. The predicted octanol–water partition coefficient (Wildman–Crippen LogP) is 5.01. The van der Waals surface area contributed by atoms with E-state index in [0.29, 0.717) is 17.0 Å². The minimum atomic E-state index is -4.55. The van der Waals surface area contributed by atoms with Gasteiger partial charge < -0.3 is 9.26 Å². The zero-order valence-electron chi connectivity index (χ0n) is 18.9. The number of rotatable bonds is 5. The third-order valence-corrected chi connectivity index (χ3v) is 5.51. The van der Waals surface area contributed by atoms with Gasteiger partial charge in [-0.3, -0.25) is 4.79 Å². The van der Waals surface area contributed by atoms with E-state index < -0.39 is 23.4 Å². The molecule has 0 bridgehead atoms. The number of esters is 1. The fourth-order valence-corrected chi connectivity index (χ4v) is 3.96. The van der Waals surface area contributed by atoms with Gasteiger partial charge in [-0.05, 0) is 51.0 Å². The molecule has 0 radical (unpaired) electrons. The Morgan fingerprint density at radius 2 is 1.91 bits per heavy atom. The van der Waals surface area contributed by atoms with Crippen LogP contribution in [0.1, 0.15) is 50.3 Å². The van der Waals surface area contributed by atoms with Gasteiger partial charge in [0.15, 0.2) is 0 Å². The summed E-state index contributed by atoms with van der Waals surface area (Å²) in [6.07, 6.45) is -1.61.